The van der Waals surface area contributed by atoms with Gasteiger partial charge in [-0.2, -0.15) is 0 Å². The number of likely N-dealkylation sites (N-methyl/N-ethyl adjacent to an activating group) is 1. The number of piperazine rings is 1. The molecule has 1 fully saturated rings. The summed E-state index contributed by atoms with van der Waals surface area (Å²) in [5.41, 5.74) is 2.21. The highest BCUT2D eigenvalue weighted by Gasteiger charge is 2.23. The van der Waals surface area contributed by atoms with Crippen molar-refractivity contribution in [2.45, 2.75) is 6.92 Å². The van der Waals surface area contributed by atoms with Crippen LogP contribution in [0.5, 0.6) is 0 Å². The molecule has 142 valence electrons. The van der Waals surface area contributed by atoms with E-state index >= 15 is 0 Å². The zero-order chi connectivity index (χ0) is 19.6. The largest absolute Gasteiger partial charge is 0.368 e. The highest BCUT2D eigenvalue weighted by Crippen LogP contribution is 2.29. The Labute approximate surface area is 162 Å². The van der Waals surface area contributed by atoms with E-state index < -0.39 is 10.8 Å². The number of halogens is 1. The number of hydrogen-bond acceptors (Lipinski definition) is 5. The van der Waals surface area contributed by atoms with Gasteiger partial charge in [-0.1, -0.05) is 17.7 Å². The van der Waals surface area contributed by atoms with Gasteiger partial charge in [-0.3, -0.25) is 14.9 Å². The topological polar surface area (TPSA) is 78.7 Å². The smallest absolute Gasteiger partial charge is 0.270 e. The molecule has 8 heteroatoms. The zero-order valence-electron chi connectivity index (χ0n) is 15.2. The second-order valence-electron chi connectivity index (χ2n) is 6.62. The number of non-ortho nitro benzene ring substituents is 1. The van der Waals surface area contributed by atoms with Crippen molar-refractivity contribution in [2.24, 2.45) is 0 Å². The molecule has 2 aromatic carbocycles. The minimum atomic E-state index is -0.491. The van der Waals surface area contributed by atoms with Crippen LogP contribution in [0.1, 0.15) is 15.9 Å². The third-order valence-electron chi connectivity index (χ3n) is 4.80. The fourth-order valence-corrected chi connectivity index (χ4v) is 3.25. The first-order chi connectivity index (χ1) is 12.9. The maximum absolute atomic E-state index is 13.0. The molecule has 3 rings (SSSR count). The molecule has 1 heterocycles. The normalized spacial score (nSPS) is 14.9. The van der Waals surface area contributed by atoms with Gasteiger partial charge in [0.15, 0.2) is 0 Å². The van der Waals surface area contributed by atoms with Crippen molar-refractivity contribution in [1.29, 1.82) is 0 Å². The van der Waals surface area contributed by atoms with Crippen molar-refractivity contribution in [3.63, 3.8) is 0 Å². The first-order valence-corrected chi connectivity index (χ1v) is 9.03. The Kier molecular flexibility index (Phi) is 5.62. The Morgan fingerprint density at radius 2 is 1.89 bits per heavy atom. The van der Waals surface area contributed by atoms with Crippen LogP contribution in [0.2, 0.25) is 5.02 Å². The van der Waals surface area contributed by atoms with E-state index in [1.165, 1.54) is 12.1 Å². The molecule has 0 bridgehead atoms. The molecular formula is C19H21ClN4O3. The first-order valence-electron chi connectivity index (χ1n) is 8.65. The van der Waals surface area contributed by atoms with E-state index in [2.05, 4.69) is 15.1 Å². The van der Waals surface area contributed by atoms with Gasteiger partial charge in [-0.15, -0.1) is 0 Å². The Morgan fingerprint density at radius 3 is 2.56 bits per heavy atom. The Hall–Kier alpha value is -2.64. The molecule has 27 heavy (non-hydrogen) atoms. The summed E-state index contributed by atoms with van der Waals surface area (Å²) in [6, 6.07) is 9.68. The molecule has 7 nitrogen and oxygen atoms in total. The van der Waals surface area contributed by atoms with Crippen LogP contribution >= 0.6 is 11.6 Å². The SMILES string of the molecule is Cc1c(Cl)cccc1NC(=O)c1cc([N+](=O)[O-])ccc1N1CCN(C)CC1. The number of benzene rings is 2. The average Bonchev–Trinajstić information content (AvgIpc) is 2.65. The maximum atomic E-state index is 13.0. The summed E-state index contributed by atoms with van der Waals surface area (Å²) in [6.45, 7) is 5.05. The number of amides is 1. The summed E-state index contributed by atoms with van der Waals surface area (Å²) in [6.07, 6.45) is 0. The number of nitrogens with zero attached hydrogens (tertiary/aromatic N) is 3. The lowest BCUT2D eigenvalue weighted by atomic mass is 10.1. The molecule has 0 aliphatic carbocycles. The van der Waals surface area contributed by atoms with Gasteiger partial charge in [-0.25, -0.2) is 0 Å². The number of rotatable bonds is 4. The van der Waals surface area contributed by atoms with Crippen LogP contribution in [0.25, 0.3) is 0 Å². The van der Waals surface area contributed by atoms with Crippen LogP contribution in [0, 0.1) is 17.0 Å². The highest BCUT2D eigenvalue weighted by molar-refractivity contribution is 6.31. The summed E-state index contributed by atoms with van der Waals surface area (Å²) in [5.74, 6) is -0.391. The third-order valence-corrected chi connectivity index (χ3v) is 5.20. The van der Waals surface area contributed by atoms with Crippen molar-refractivity contribution in [3.05, 3.63) is 62.7 Å². The minimum absolute atomic E-state index is 0.110. The summed E-state index contributed by atoms with van der Waals surface area (Å²) in [5, 5.41) is 14.6. The van der Waals surface area contributed by atoms with Crippen molar-refractivity contribution in [2.75, 3.05) is 43.4 Å². The lowest BCUT2D eigenvalue weighted by molar-refractivity contribution is -0.384. The maximum Gasteiger partial charge on any atom is 0.270 e. The molecular weight excluding hydrogens is 368 g/mol. The van der Waals surface area contributed by atoms with Gasteiger partial charge in [0.2, 0.25) is 0 Å². The van der Waals surface area contributed by atoms with Gasteiger partial charge in [0.1, 0.15) is 0 Å². The average molecular weight is 389 g/mol. The van der Waals surface area contributed by atoms with Crippen LogP contribution in [0.15, 0.2) is 36.4 Å². The van der Waals surface area contributed by atoms with Gasteiger partial charge >= 0.3 is 0 Å². The minimum Gasteiger partial charge on any atom is -0.368 e. The van der Waals surface area contributed by atoms with Crippen LogP contribution in [0.4, 0.5) is 17.1 Å². The van der Waals surface area contributed by atoms with E-state index in [0.29, 0.717) is 16.4 Å². The molecule has 1 aliphatic heterocycles. The molecule has 1 saturated heterocycles. The van der Waals surface area contributed by atoms with E-state index in [-0.39, 0.29) is 11.3 Å². The van der Waals surface area contributed by atoms with E-state index in [1.54, 1.807) is 24.3 Å². The molecule has 0 radical (unpaired) electrons. The van der Waals surface area contributed by atoms with Gasteiger partial charge in [0.25, 0.3) is 11.6 Å². The molecule has 1 aliphatic rings. The van der Waals surface area contributed by atoms with Crippen LogP contribution in [-0.4, -0.2) is 49.0 Å². The predicted molar refractivity (Wildman–Crippen MR) is 107 cm³/mol. The lowest BCUT2D eigenvalue weighted by Crippen LogP contribution is -2.45. The Morgan fingerprint density at radius 1 is 1.19 bits per heavy atom. The lowest BCUT2D eigenvalue weighted by Gasteiger charge is -2.34. The number of hydrogen-bond donors (Lipinski definition) is 1. The van der Waals surface area contributed by atoms with Gasteiger partial charge in [-0.05, 0) is 37.7 Å². The summed E-state index contributed by atoms with van der Waals surface area (Å²) < 4.78 is 0. The molecule has 0 aromatic heterocycles. The van der Waals surface area contributed by atoms with Crippen molar-refractivity contribution < 1.29 is 9.72 Å². The standard InChI is InChI=1S/C19H21ClN4O3/c1-13-16(20)4-3-5-17(13)21-19(25)15-12-14(24(26)27)6-7-18(15)23-10-8-22(2)9-11-23/h3-7,12H,8-11H2,1-2H3,(H,21,25). The van der Waals surface area contributed by atoms with Gasteiger partial charge < -0.3 is 15.1 Å². The van der Waals surface area contributed by atoms with Crippen LogP contribution in [-0.2, 0) is 0 Å². The molecule has 1 N–H and O–H groups in total. The molecule has 0 spiro atoms. The van der Waals surface area contributed by atoms with E-state index in [0.717, 1.165) is 31.7 Å². The number of nitro groups is 1. The van der Waals surface area contributed by atoms with E-state index in [4.69, 9.17) is 11.6 Å². The second-order valence-corrected chi connectivity index (χ2v) is 7.02. The number of anilines is 2. The Bertz CT molecular complexity index is 879. The van der Waals surface area contributed by atoms with Gasteiger partial charge in [0.05, 0.1) is 16.2 Å². The second kappa shape index (κ2) is 7.94. The zero-order valence-corrected chi connectivity index (χ0v) is 16.0. The fraction of sp³-hybridized carbons (Fsp3) is 0.316. The third kappa shape index (κ3) is 4.20. The molecule has 0 unspecified atom stereocenters. The number of nitrogens with one attached hydrogen (secondary N) is 1. The summed E-state index contributed by atoms with van der Waals surface area (Å²) >= 11 is 6.12. The van der Waals surface area contributed by atoms with E-state index in [1.807, 2.05) is 14.0 Å². The molecule has 1 amide bonds. The van der Waals surface area contributed by atoms with Crippen molar-refractivity contribution in [3.8, 4) is 0 Å². The van der Waals surface area contributed by atoms with Crippen LogP contribution < -0.4 is 10.2 Å². The number of nitro benzene ring substituents is 1. The number of carbonyl (C=O) groups is 1. The molecule has 2 aromatic rings. The monoisotopic (exact) mass is 388 g/mol. The highest BCUT2D eigenvalue weighted by atomic mass is 35.5. The Balaban J connectivity index is 1.95. The number of carbonyl (C=O) groups excluding carboxylic acids is 1. The molecule has 0 saturated carbocycles. The first kappa shape index (κ1) is 19.1. The summed E-state index contributed by atoms with van der Waals surface area (Å²) in [7, 11) is 2.04. The predicted octanol–water partition coefficient (Wildman–Crippen LogP) is 3.56. The summed E-state index contributed by atoms with van der Waals surface area (Å²) in [4.78, 5) is 28.0. The van der Waals surface area contributed by atoms with Crippen LogP contribution in [0.3, 0.4) is 0 Å². The quantitative estimate of drug-likeness (QED) is 0.640. The van der Waals surface area contributed by atoms with Gasteiger partial charge in [0, 0.05) is 49.0 Å². The van der Waals surface area contributed by atoms with Crippen molar-refractivity contribution >= 4 is 34.6 Å². The molecule has 0 atom stereocenters. The van der Waals surface area contributed by atoms with E-state index in [9.17, 15) is 14.9 Å². The fourth-order valence-electron chi connectivity index (χ4n) is 3.08. The van der Waals surface area contributed by atoms with Crippen molar-refractivity contribution in [1.82, 2.24) is 4.90 Å².